The molecule has 7 nitrogen and oxygen atoms in total. The third-order valence-corrected chi connectivity index (χ3v) is 5.97. The Morgan fingerprint density at radius 2 is 1.74 bits per heavy atom. The number of aromatic nitrogens is 2. The Morgan fingerprint density at radius 1 is 1.03 bits per heavy atom. The first-order chi connectivity index (χ1) is 15.0. The first kappa shape index (κ1) is 21.3. The van der Waals surface area contributed by atoms with Crippen molar-refractivity contribution in [2.75, 3.05) is 40.4 Å². The Kier molecular flexibility index (Phi) is 6.25. The molecule has 0 saturated carbocycles. The van der Waals surface area contributed by atoms with Gasteiger partial charge in [-0.2, -0.15) is 0 Å². The number of H-pyrrole nitrogens is 1. The molecule has 0 amide bonds. The van der Waals surface area contributed by atoms with Gasteiger partial charge in [-0.3, -0.25) is 14.6 Å². The predicted molar refractivity (Wildman–Crippen MR) is 123 cm³/mol. The van der Waals surface area contributed by atoms with Crippen molar-refractivity contribution < 1.29 is 9.47 Å². The second-order valence-corrected chi connectivity index (χ2v) is 8.24. The van der Waals surface area contributed by atoms with Crippen LogP contribution in [0.25, 0.3) is 22.3 Å². The standard InChI is InChI=1S/C24H30N4O3/c1-16(2)28-11-9-27(10-12-28)15-17-5-7-18(8-6-17)23-25-20-13-19(30-3)14-21(31-4)22(20)24(29)26-23/h5-8,13-14,16H,9-12,15H2,1-4H3,(H,25,26,29). The summed E-state index contributed by atoms with van der Waals surface area (Å²) in [6.45, 7) is 9.85. The molecule has 4 rings (SSSR count). The number of piperazine rings is 1. The summed E-state index contributed by atoms with van der Waals surface area (Å²) in [5.41, 5.74) is 2.44. The van der Waals surface area contributed by atoms with E-state index in [-0.39, 0.29) is 5.56 Å². The molecule has 1 aliphatic rings. The maximum absolute atomic E-state index is 12.7. The lowest BCUT2D eigenvalue weighted by atomic mass is 10.1. The van der Waals surface area contributed by atoms with Gasteiger partial charge < -0.3 is 14.5 Å². The summed E-state index contributed by atoms with van der Waals surface area (Å²) in [5, 5.41) is 0.421. The van der Waals surface area contributed by atoms with Crippen molar-refractivity contribution in [3.63, 3.8) is 0 Å². The van der Waals surface area contributed by atoms with Crippen LogP contribution in [0.4, 0.5) is 0 Å². The van der Waals surface area contributed by atoms with Crippen molar-refractivity contribution in [2.45, 2.75) is 26.4 Å². The molecule has 3 aromatic rings. The Hall–Kier alpha value is -2.90. The van der Waals surface area contributed by atoms with E-state index in [1.165, 1.54) is 12.7 Å². The van der Waals surface area contributed by atoms with Crippen molar-refractivity contribution in [3.8, 4) is 22.9 Å². The average molecular weight is 423 g/mol. The first-order valence-electron chi connectivity index (χ1n) is 10.7. The van der Waals surface area contributed by atoms with Gasteiger partial charge in [0.15, 0.2) is 0 Å². The highest BCUT2D eigenvalue weighted by Gasteiger charge is 2.19. The van der Waals surface area contributed by atoms with E-state index < -0.39 is 0 Å². The molecule has 0 spiro atoms. The molecule has 1 aliphatic heterocycles. The highest BCUT2D eigenvalue weighted by molar-refractivity contribution is 5.87. The summed E-state index contributed by atoms with van der Waals surface area (Å²) in [7, 11) is 3.11. The van der Waals surface area contributed by atoms with Gasteiger partial charge in [-0.15, -0.1) is 0 Å². The molecular formula is C24H30N4O3. The van der Waals surface area contributed by atoms with Crippen LogP contribution in [0.2, 0.25) is 0 Å². The third-order valence-electron chi connectivity index (χ3n) is 5.97. The summed E-state index contributed by atoms with van der Waals surface area (Å²) in [6, 6.07) is 12.3. The van der Waals surface area contributed by atoms with E-state index >= 15 is 0 Å². The lowest BCUT2D eigenvalue weighted by molar-refractivity contribution is 0.104. The molecule has 0 unspecified atom stereocenters. The molecule has 0 atom stereocenters. The summed E-state index contributed by atoms with van der Waals surface area (Å²) in [4.78, 5) is 25.3. The number of hydrogen-bond acceptors (Lipinski definition) is 6. The Labute approximate surface area is 182 Å². The summed E-state index contributed by atoms with van der Waals surface area (Å²) < 4.78 is 10.7. The number of nitrogens with one attached hydrogen (secondary N) is 1. The van der Waals surface area contributed by atoms with Gasteiger partial charge in [0.2, 0.25) is 0 Å². The normalized spacial score (nSPS) is 15.5. The summed E-state index contributed by atoms with van der Waals surface area (Å²) >= 11 is 0. The molecule has 1 saturated heterocycles. The van der Waals surface area contributed by atoms with Crippen LogP contribution in [0.1, 0.15) is 19.4 Å². The van der Waals surface area contributed by atoms with Crippen LogP contribution < -0.4 is 15.0 Å². The number of nitrogens with zero attached hydrogens (tertiary/aromatic N) is 3. The smallest absolute Gasteiger partial charge is 0.262 e. The van der Waals surface area contributed by atoms with Crippen molar-refractivity contribution in [1.29, 1.82) is 0 Å². The highest BCUT2D eigenvalue weighted by Crippen LogP contribution is 2.28. The quantitative estimate of drug-likeness (QED) is 0.658. The minimum atomic E-state index is -0.230. The molecule has 0 aliphatic carbocycles. The van der Waals surface area contributed by atoms with Gasteiger partial charge in [0, 0.05) is 56.5 Å². The van der Waals surface area contributed by atoms with Crippen LogP contribution in [0.3, 0.4) is 0 Å². The van der Waals surface area contributed by atoms with Crippen LogP contribution in [0.15, 0.2) is 41.2 Å². The second-order valence-electron chi connectivity index (χ2n) is 8.24. The zero-order valence-corrected chi connectivity index (χ0v) is 18.6. The fourth-order valence-corrected chi connectivity index (χ4v) is 4.09. The Morgan fingerprint density at radius 3 is 2.35 bits per heavy atom. The van der Waals surface area contributed by atoms with Gasteiger partial charge in [0.05, 0.1) is 19.7 Å². The maximum atomic E-state index is 12.7. The van der Waals surface area contributed by atoms with E-state index in [9.17, 15) is 4.79 Å². The van der Waals surface area contributed by atoms with Crippen LogP contribution in [-0.4, -0.2) is 66.2 Å². The molecule has 0 bridgehead atoms. The number of rotatable bonds is 6. The molecular weight excluding hydrogens is 392 g/mol. The number of ether oxygens (including phenoxy) is 2. The van der Waals surface area contributed by atoms with Crippen LogP contribution >= 0.6 is 0 Å². The van der Waals surface area contributed by atoms with E-state index in [1.807, 2.05) is 12.1 Å². The lowest BCUT2D eigenvalue weighted by Gasteiger charge is -2.36. The lowest BCUT2D eigenvalue weighted by Crippen LogP contribution is -2.48. The topological polar surface area (TPSA) is 70.7 Å². The Bertz CT molecular complexity index is 1100. The highest BCUT2D eigenvalue weighted by atomic mass is 16.5. The van der Waals surface area contributed by atoms with E-state index in [0.717, 1.165) is 38.3 Å². The van der Waals surface area contributed by atoms with Gasteiger partial charge in [0.1, 0.15) is 22.7 Å². The van der Waals surface area contributed by atoms with Crippen LogP contribution in [0.5, 0.6) is 11.5 Å². The number of methoxy groups -OCH3 is 2. The van der Waals surface area contributed by atoms with Gasteiger partial charge in [-0.05, 0) is 19.4 Å². The fourth-order valence-electron chi connectivity index (χ4n) is 4.09. The van der Waals surface area contributed by atoms with Crippen molar-refractivity contribution in [2.24, 2.45) is 0 Å². The summed E-state index contributed by atoms with van der Waals surface area (Å²) in [6.07, 6.45) is 0. The second kappa shape index (κ2) is 9.08. The van der Waals surface area contributed by atoms with Crippen molar-refractivity contribution in [3.05, 3.63) is 52.3 Å². The zero-order valence-electron chi connectivity index (χ0n) is 18.6. The molecule has 164 valence electrons. The molecule has 31 heavy (non-hydrogen) atoms. The number of hydrogen-bond donors (Lipinski definition) is 1. The van der Waals surface area contributed by atoms with Crippen LogP contribution in [0, 0.1) is 0 Å². The number of benzene rings is 2. The molecule has 2 aromatic carbocycles. The largest absolute Gasteiger partial charge is 0.497 e. The van der Waals surface area contributed by atoms with E-state index in [1.54, 1.807) is 19.2 Å². The maximum Gasteiger partial charge on any atom is 0.262 e. The monoisotopic (exact) mass is 422 g/mol. The van der Waals surface area contributed by atoms with Gasteiger partial charge in [-0.1, -0.05) is 24.3 Å². The molecule has 1 N–H and O–H groups in total. The zero-order chi connectivity index (χ0) is 22.0. The fraction of sp³-hybridized carbons (Fsp3) is 0.417. The van der Waals surface area contributed by atoms with E-state index in [0.29, 0.717) is 34.3 Å². The molecule has 1 fully saturated rings. The van der Waals surface area contributed by atoms with E-state index in [2.05, 4.69) is 45.7 Å². The molecule has 2 heterocycles. The third kappa shape index (κ3) is 4.57. The van der Waals surface area contributed by atoms with Gasteiger partial charge in [-0.25, -0.2) is 4.98 Å². The van der Waals surface area contributed by atoms with Crippen LogP contribution in [-0.2, 0) is 6.54 Å². The minimum Gasteiger partial charge on any atom is -0.497 e. The molecule has 0 radical (unpaired) electrons. The number of aromatic amines is 1. The Balaban J connectivity index is 1.54. The predicted octanol–water partition coefficient (Wildman–Crippen LogP) is 3.13. The molecule has 7 heteroatoms. The van der Waals surface area contributed by atoms with Crippen molar-refractivity contribution >= 4 is 10.9 Å². The SMILES string of the molecule is COc1cc(OC)c2c(=O)[nH]c(-c3ccc(CN4CCN(C(C)C)CC4)cc3)nc2c1. The van der Waals surface area contributed by atoms with Gasteiger partial charge in [0.25, 0.3) is 5.56 Å². The first-order valence-corrected chi connectivity index (χ1v) is 10.7. The van der Waals surface area contributed by atoms with Crippen molar-refractivity contribution in [1.82, 2.24) is 19.8 Å². The number of fused-ring (bicyclic) bond motifs is 1. The van der Waals surface area contributed by atoms with E-state index in [4.69, 9.17) is 9.47 Å². The average Bonchev–Trinajstić information content (AvgIpc) is 2.78. The van der Waals surface area contributed by atoms with Gasteiger partial charge >= 0.3 is 0 Å². The molecule has 1 aromatic heterocycles. The minimum absolute atomic E-state index is 0.230. The summed E-state index contributed by atoms with van der Waals surface area (Å²) in [5.74, 6) is 1.58.